The molecule has 3 N–H and O–H groups in total. The van der Waals surface area contributed by atoms with Gasteiger partial charge in [0, 0.05) is 25.7 Å². The number of nitrogen functional groups attached to an aromatic ring is 1. The summed E-state index contributed by atoms with van der Waals surface area (Å²) in [6.07, 6.45) is 3.58. The van der Waals surface area contributed by atoms with Gasteiger partial charge in [-0.05, 0) is 33.1 Å². The summed E-state index contributed by atoms with van der Waals surface area (Å²) in [6, 6.07) is 0.574. The van der Waals surface area contributed by atoms with Crippen molar-refractivity contribution in [2.75, 3.05) is 31.3 Å². The molecule has 0 unspecified atom stereocenters. The predicted octanol–water partition coefficient (Wildman–Crippen LogP) is 2.19. The monoisotopic (exact) mass is 312 g/mol. The summed E-state index contributed by atoms with van der Waals surface area (Å²) < 4.78 is 5.07. The Kier molecular flexibility index (Phi) is 5.41. The number of ether oxygens (including phenoxy) is 1. The van der Waals surface area contributed by atoms with Gasteiger partial charge in [-0.1, -0.05) is 11.3 Å². The molecule has 6 nitrogen and oxygen atoms in total. The number of anilines is 2. The van der Waals surface area contributed by atoms with Crippen molar-refractivity contribution < 1.29 is 9.53 Å². The minimum absolute atomic E-state index is 0.0706. The van der Waals surface area contributed by atoms with Crippen LogP contribution in [-0.4, -0.2) is 48.1 Å². The van der Waals surface area contributed by atoms with E-state index in [2.05, 4.69) is 10.3 Å². The first-order chi connectivity index (χ1) is 10.0. The summed E-state index contributed by atoms with van der Waals surface area (Å²) in [5, 5.41) is 4.08. The number of methoxy groups -OCH3 is 1. The zero-order chi connectivity index (χ0) is 15.4. The molecule has 1 fully saturated rings. The van der Waals surface area contributed by atoms with Crippen LogP contribution in [0.25, 0.3) is 0 Å². The number of nitrogens with two attached hydrogens (primary N) is 1. The number of carbonyl (C=O) groups excluding carboxylic acids is 1. The Balaban J connectivity index is 2.08. The van der Waals surface area contributed by atoms with Gasteiger partial charge in [-0.15, -0.1) is 0 Å². The average molecular weight is 312 g/mol. The molecule has 1 amide bonds. The molecular formula is C14H24N4O2S. The maximum Gasteiger partial charge on any atom is 0.268 e. The highest BCUT2D eigenvalue weighted by Gasteiger charge is 2.25. The third kappa shape index (κ3) is 3.85. The molecule has 0 atom stereocenters. The van der Waals surface area contributed by atoms with Crippen molar-refractivity contribution >= 4 is 28.2 Å². The summed E-state index contributed by atoms with van der Waals surface area (Å²) in [6.45, 7) is 5.03. The van der Waals surface area contributed by atoms with Crippen LogP contribution in [0, 0.1) is 0 Å². The lowest BCUT2D eigenvalue weighted by Crippen LogP contribution is -2.39. The van der Waals surface area contributed by atoms with E-state index in [0.717, 1.165) is 18.0 Å². The molecule has 0 saturated heterocycles. The molecule has 1 aliphatic rings. The van der Waals surface area contributed by atoms with Gasteiger partial charge in [0.05, 0.1) is 6.61 Å². The van der Waals surface area contributed by atoms with E-state index in [-0.39, 0.29) is 11.9 Å². The molecule has 118 valence electrons. The Morgan fingerprint density at radius 3 is 2.81 bits per heavy atom. The number of hydrogen-bond donors (Lipinski definition) is 2. The number of thiazole rings is 1. The molecule has 1 aliphatic carbocycles. The smallest absolute Gasteiger partial charge is 0.268 e. The topological polar surface area (TPSA) is 80.5 Å². The molecule has 0 aromatic carbocycles. The third-order valence-corrected chi connectivity index (χ3v) is 4.69. The van der Waals surface area contributed by atoms with Crippen molar-refractivity contribution in [1.82, 2.24) is 9.88 Å². The Bertz CT molecular complexity index is 485. The van der Waals surface area contributed by atoms with E-state index >= 15 is 0 Å². The molecule has 1 heterocycles. The van der Waals surface area contributed by atoms with E-state index in [0.29, 0.717) is 29.9 Å². The summed E-state index contributed by atoms with van der Waals surface area (Å²) >= 11 is 1.35. The van der Waals surface area contributed by atoms with E-state index in [1.165, 1.54) is 17.8 Å². The Morgan fingerprint density at radius 1 is 1.57 bits per heavy atom. The lowest BCUT2D eigenvalue weighted by molar-refractivity contribution is 0.0640. The number of nitrogens with zero attached hydrogens (tertiary/aromatic N) is 2. The highest BCUT2D eigenvalue weighted by molar-refractivity contribution is 7.18. The second-order valence-electron chi connectivity index (χ2n) is 5.59. The van der Waals surface area contributed by atoms with Gasteiger partial charge in [0.1, 0.15) is 10.7 Å². The van der Waals surface area contributed by atoms with Gasteiger partial charge >= 0.3 is 0 Å². The highest BCUT2D eigenvalue weighted by atomic mass is 32.1. The van der Waals surface area contributed by atoms with Gasteiger partial charge in [0.2, 0.25) is 0 Å². The first kappa shape index (κ1) is 16.0. The quantitative estimate of drug-likeness (QED) is 0.806. The van der Waals surface area contributed by atoms with E-state index in [4.69, 9.17) is 10.5 Å². The number of carbonyl (C=O) groups is 1. The maximum absolute atomic E-state index is 12.6. The number of amides is 1. The Hall–Kier alpha value is -1.34. The van der Waals surface area contributed by atoms with Gasteiger partial charge in [-0.25, -0.2) is 4.98 Å². The molecule has 0 aliphatic heterocycles. The summed E-state index contributed by atoms with van der Waals surface area (Å²) in [7, 11) is 1.63. The summed E-state index contributed by atoms with van der Waals surface area (Å²) in [5.74, 6) is 0.244. The molecule has 7 heteroatoms. The van der Waals surface area contributed by atoms with Gasteiger partial charge in [-0.3, -0.25) is 4.79 Å². The van der Waals surface area contributed by atoms with E-state index in [1.54, 1.807) is 12.0 Å². The average Bonchev–Trinajstić information content (AvgIpc) is 2.75. The minimum Gasteiger partial charge on any atom is -0.383 e. The Morgan fingerprint density at radius 2 is 2.29 bits per heavy atom. The minimum atomic E-state index is -0.0706. The number of aromatic nitrogens is 1. The van der Waals surface area contributed by atoms with Crippen LogP contribution in [0.2, 0.25) is 0 Å². The van der Waals surface area contributed by atoms with Crippen molar-refractivity contribution in [3.05, 3.63) is 4.88 Å². The highest BCUT2D eigenvalue weighted by Crippen LogP contribution is 2.30. The van der Waals surface area contributed by atoms with Crippen LogP contribution in [0.3, 0.4) is 0 Å². The molecule has 0 bridgehead atoms. The number of rotatable bonds is 7. The molecule has 0 spiro atoms. The third-order valence-electron chi connectivity index (χ3n) is 3.70. The number of nitrogens with one attached hydrogen (secondary N) is 1. The molecule has 1 aromatic rings. The number of hydrogen-bond acceptors (Lipinski definition) is 6. The SMILES string of the molecule is COCCN(C(=O)c1sc(NC2CCC2)nc1N)C(C)C. The molecule has 1 aromatic heterocycles. The fraction of sp³-hybridized carbons (Fsp3) is 0.714. The lowest BCUT2D eigenvalue weighted by Gasteiger charge is -2.26. The van der Waals surface area contributed by atoms with Crippen LogP contribution >= 0.6 is 11.3 Å². The van der Waals surface area contributed by atoms with Gasteiger partial charge in [0.25, 0.3) is 5.91 Å². The van der Waals surface area contributed by atoms with Gasteiger partial charge < -0.3 is 20.7 Å². The molecule has 21 heavy (non-hydrogen) atoms. The summed E-state index contributed by atoms with van der Waals surface area (Å²) in [5.41, 5.74) is 5.92. The second-order valence-corrected chi connectivity index (χ2v) is 6.59. The second kappa shape index (κ2) is 7.09. The maximum atomic E-state index is 12.6. The largest absolute Gasteiger partial charge is 0.383 e. The molecule has 2 rings (SSSR count). The van der Waals surface area contributed by atoms with E-state index < -0.39 is 0 Å². The fourth-order valence-corrected chi connectivity index (χ4v) is 3.11. The van der Waals surface area contributed by atoms with Crippen molar-refractivity contribution in [3.8, 4) is 0 Å². The van der Waals surface area contributed by atoms with Crippen molar-refractivity contribution in [3.63, 3.8) is 0 Å². The van der Waals surface area contributed by atoms with Crippen molar-refractivity contribution in [1.29, 1.82) is 0 Å². The van der Waals surface area contributed by atoms with Crippen LogP contribution in [0.15, 0.2) is 0 Å². The standard InChI is InChI=1S/C14H24N4O2S/c1-9(2)18(7-8-20-3)13(19)11-12(15)17-14(21-11)16-10-5-4-6-10/h9-10H,4-8,15H2,1-3H3,(H,16,17). The van der Waals surface area contributed by atoms with Crippen LogP contribution in [0.5, 0.6) is 0 Å². The predicted molar refractivity (Wildman–Crippen MR) is 85.8 cm³/mol. The van der Waals surface area contributed by atoms with Crippen LogP contribution in [0.4, 0.5) is 10.9 Å². The zero-order valence-electron chi connectivity index (χ0n) is 12.9. The summed E-state index contributed by atoms with van der Waals surface area (Å²) in [4.78, 5) is 19.2. The van der Waals surface area contributed by atoms with Crippen LogP contribution in [-0.2, 0) is 4.74 Å². The fourth-order valence-electron chi connectivity index (χ4n) is 2.19. The lowest BCUT2D eigenvalue weighted by atomic mass is 9.93. The first-order valence-corrected chi connectivity index (χ1v) is 8.17. The van der Waals surface area contributed by atoms with Gasteiger partial charge in [-0.2, -0.15) is 0 Å². The van der Waals surface area contributed by atoms with E-state index in [1.807, 2.05) is 13.8 Å². The van der Waals surface area contributed by atoms with Gasteiger partial charge in [0.15, 0.2) is 5.13 Å². The molecule has 0 radical (unpaired) electrons. The van der Waals surface area contributed by atoms with Crippen molar-refractivity contribution in [2.24, 2.45) is 0 Å². The normalized spacial score (nSPS) is 15.0. The van der Waals surface area contributed by atoms with Crippen molar-refractivity contribution in [2.45, 2.75) is 45.2 Å². The van der Waals surface area contributed by atoms with Crippen LogP contribution in [0.1, 0.15) is 42.8 Å². The zero-order valence-corrected chi connectivity index (χ0v) is 13.7. The molecular weight excluding hydrogens is 288 g/mol. The first-order valence-electron chi connectivity index (χ1n) is 7.35. The Labute approximate surface area is 129 Å². The van der Waals surface area contributed by atoms with Crippen LogP contribution < -0.4 is 11.1 Å². The van der Waals surface area contributed by atoms with E-state index in [9.17, 15) is 4.79 Å². The molecule has 1 saturated carbocycles.